The molecule has 1 atom stereocenters. The zero-order valence-electron chi connectivity index (χ0n) is 15.3. The summed E-state index contributed by atoms with van der Waals surface area (Å²) in [6.07, 6.45) is 6.80. The van der Waals surface area contributed by atoms with E-state index < -0.39 is 5.54 Å². The molecule has 2 aromatic carbocycles. The van der Waals surface area contributed by atoms with Gasteiger partial charge in [-0.2, -0.15) is 0 Å². The number of benzene rings is 2. The van der Waals surface area contributed by atoms with Crippen LogP contribution in [0.1, 0.15) is 22.3 Å². The molecule has 5 nitrogen and oxygen atoms in total. The van der Waals surface area contributed by atoms with Crippen molar-refractivity contribution in [2.45, 2.75) is 5.54 Å². The highest BCUT2D eigenvalue weighted by atomic mass is 35.5. The molecule has 1 aliphatic rings. The van der Waals surface area contributed by atoms with Gasteiger partial charge in [-0.25, -0.2) is 19.9 Å². The van der Waals surface area contributed by atoms with E-state index >= 15 is 0 Å². The van der Waals surface area contributed by atoms with Gasteiger partial charge in [0.25, 0.3) is 0 Å². The first-order valence-electron chi connectivity index (χ1n) is 9.11. The lowest BCUT2D eigenvalue weighted by Crippen LogP contribution is -2.25. The summed E-state index contributed by atoms with van der Waals surface area (Å²) in [4.78, 5) is 17.4. The second kappa shape index (κ2) is 6.79. The summed E-state index contributed by atoms with van der Waals surface area (Å²) in [5.74, 6) is 0.502. The van der Waals surface area contributed by atoms with Crippen molar-refractivity contribution in [2.75, 3.05) is 0 Å². The van der Waals surface area contributed by atoms with Crippen molar-refractivity contribution in [3.8, 4) is 11.1 Å². The predicted octanol–water partition coefficient (Wildman–Crippen LogP) is 4.20. The number of hydrogen-bond donors (Lipinski definition) is 1. The van der Waals surface area contributed by atoms with Crippen LogP contribution in [-0.4, -0.2) is 20.8 Å². The third-order valence-electron chi connectivity index (χ3n) is 5.20. The van der Waals surface area contributed by atoms with Gasteiger partial charge in [-0.05, 0) is 40.5 Å². The van der Waals surface area contributed by atoms with Gasteiger partial charge in [0.1, 0.15) is 22.9 Å². The molecule has 0 saturated heterocycles. The third kappa shape index (κ3) is 2.79. The van der Waals surface area contributed by atoms with Crippen molar-refractivity contribution >= 4 is 17.4 Å². The first-order chi connectivity index (χ1) is 14.2. The van der Waals surface area contributed by atoms with Crippen molar-refractivity contribution in [1.29, 1.82) is 0 Å². The largest absolute Gasteiger partial charge is 0.383 e. The lowest BCUT2D eigenvalue weighted by Gasteiger charge is -2.29. The normalized spacial score (nSPS) is 17.6. The monoisotopic (exact) mass is 397 g/mol. The molecule has 0 bridgehead atoms. The summed E-state index contributed by atoms with van der Waals surface area (Å²) >= 11 is 6.26. The lowest BCUT2D eigenvalue weighted by atomic mass is 9.77. The van der Waals surface area contributed by atoms with Gasteiger partial charge in [0.2, 0.25) is 0 Å². The number of hydrogen-bond acceptors (Lipinski definition) is 5. The number of aliphatic imine (C=N–C) groups is 1. The summed E-state index contributed by atoms with van der Waals surface area (Å²) in [6, 6.07) is 20.0. The fraction of sp³-hybridized carbons (Fsp3) is 0.0435. The second-order valence-corrected chi connectivity index (χ2v) is 7.22. The van der Waals surface area contributed by atoms with E-state index in [0.29, 0.717) is 11.0 Å². The number of halogens is 1. The zero-order valence-corrected chi connectivity index (χ0v) is 16.1. The van der Waals surface area contributed by atoms with E-state index in [1.807, 2.05) is 42.5 Å². The highest BCUT2D eigenvalue weighted by Gasteiger charge is 2.43. The van der Waals surface area contributed by atoms with Gasteiger partial charge in [-0.1, -0.05) is 54.1 Å². The van der Waals surface area contributed by atoms with Crippen LogP contribution in [0.5, 0.6) is 0 Å². The molecule has 29 heavy (non-hydrogen) atoms. The number of aromatic nitrogens is 3. The maximum atomic E-state index is 6.37. The molecule has 140 valence electrons. The Morgan fingerprint density at radius 3 is 2.45 bits per heavy atom. The molecule has 0 aliphatic carbocycles. The second-order valence-electron chi connectivity index (χ2n) is 6.83. The van der Waals surface area contributed by atoms with E-state index in [0.717, 1.165) is 33.4 Å². The van der Waals surface area contributed by atoms with Crippen LogP contribution in [0.25, 0.3) is 11.1 Å². The topological polar surface area (TPSA) is 77.0 Å². The van der Waals surface area contributed by atoms with Crippen LogP contribution in [0.15, 0.2) is 90.6 Å². The predicted molar refractivity (Wildman–Crippen MR) is 114 cm³/mol. The molecule has 5 rings (SSSR count). The SMILES string of the molecule is NC1=NC(c2cccc(-c3cncnc3)c2)(c2ccnc(Cl)c2)c2ccccc21. The minimum Gasteiger partial charge on any atom is -0.383 e. The molecule has 0 fully saturated rings. The molecule has 3 heterocycles. The summed E-state index contributed by atoms with van der Waals surface area (Å²) < 4.78 is 0. The van der Waals surface area contributed by atoms with Gasteiger partial charge >= 0.3 is 0 Å². The van der Waals surface area contributed by atoms with Crippen LogP contribution >= 0.6 is 11.6 Å². The molecule has 1 aliphatic heterocycles. The van der Waals surface area contributed by atoms with Crippen molar-refractivity contribution < 1.29 is 0 Å². The fourth-order valence-corrected chi connectivity index (χ4v) is 4.10. The molecular weight excluding hydrogens is 382 g/mol. The first-order valence-corrected chi connectivity index (χ1v) is 9.49. The molecular formula is C23H16ClN5. The number of fused-ring (bicyclic) bond motifs is 1. The molecule has 6 heteroatoms. The summed E-state index contributed by atoms with van der Waals surface area (Å²) in [5.41, 5.74) is 11.3. The van der Waals surface area contributed by atoms with Crippen LogP contribution in [0, 0.1) is 0 Å². The van der Waals surface area contributed by atoms with Crippen LogP contribution in [0.4, 0.5) is 0 Å². The van der Waals surface area contributed by atoms with E-state index in [2.05, 4.69) is 33.2 Å². The molecule has 0 radical (unpaired) electrons. The maximum absolute atomic E-state index is 6.37. The van der Waals surface area contributed by atoms with Crippen molar-refractivity contribution in [1.82, 2.24) is 15.0 Å². The minimum atomic E-state index is -0.807. The Morgan fingerprint density at radius 1 is 0.828 bits per heavy atom. The Morgan fingerprint density at radius 2 is 1.62 bits per heavy atom. The highest BCUT2D eigenvalue weighted by molar-refractivity contribution is 6.29. The van der Waals surface area contributed by atoms with Gasteiger partial charge in [-0.15, -0.1) is 0 Å². The Hall–Kier alpha value is -3.57. The number of nitrogens with zero attached hydrogens (tertiary/aromatic N) is 4. The van der Waals surface area contributed by atoms with Crippen LogP contribution < -0.4 is 5.73 Å². The van der Waals surface area contributed by atoms with E-state index in [4.69, 9.17) is 22.3 Å². The molecule has 0 amide bonds. The van der Waals surface area contributed by atoms with E-state index in [9.17, 15) is 0 Å². The first kappa shape index (κ1) is 17.5. The van der Waals surface area contributed by atoms with Gasteiger partial charge in [-0.3, -0.25) is 0 Å². The Kier molecular flexibility index (Phi) is 4.11. The standard InChI is InChI=1S/C23H16ClN5/c24-21-11-18(8-9-28-21)23(20-7-2-1-6-19(20)22(25)29-23)17-5-3-4-15(10-17)16-12-26-14-27-13-16/h1-14H,(H2,25,29). The van der Waals surface area contributed by atoms with Crippen molar-refractivity contribution in [3.63, 3.8) is 0 Å². The van der Waals surface area contributed by atoms with Gasteiger partial charge < -0.3 is 5.73 Å². The van der Waals surface area contributed by atoms with E-state index in [1.54, 1.807) is 18.6 Å². The third-order valence-corrected chi connectivity index (χ3v) is 5.41. The van der Waals surface area contributed by atoms with Gasteiger partial charge in [0.15, 0.2) is 0 Å². The van der Waals surface area contributed by atoms with Crippen molar-refractivity contribution in [2.24, 2.45) is 10.7 Å². The smallest absolute Gasteiger partial charge is 0.139 e. The Labute approximate surface area is 173 Å². The number of amidine groups is 1. The van der Waals surface area contributed by atoms with Crippen molar-refractivity contribution in [3.05, 3.63) is 113 Å². The summed E-state index contributed by atoms with van der Waals surface area (Å²) in [6.45, 7) is 0. The van der Waals surface area contributed by atoms with Crippen LogP contribution in [0.3, 0.4) is 0 Å². The quantitative estimate of drug-likeness (QED) is 0.525. The number of nitrogens with two attached hydrogens (primary N) is 1. The molecule has 0 spiro atoms. The van der Waals surface area contributed by atoms with Crippen LogP contribution in [0.2, 0.25) is 5.15 Å². The Balaban J connectivity index is 1.80. The van der Waals surface area contributed by atoms with Gasteiger partial charge in [0, 0.05) is 29.7 Å². The van der Waals surface area contributed by atoms with Gasteiger partial charge in [0.05, 0.1) is 0 Å². The fourth-order valence-electron chi connectivity index (χ4n) is 3.93. The molecule has 4 aromatic rings. The number of pyridine rings is 1. The molecule has 2 aromatic heterocycles. The van der Waals surface area contributed by atoms with E-state index in [-0.39, 0.29) is 0 Å². The highest BCUT2D eigenvalue weighted by Crippen LogP contribution is 2.46. The summed E-state index contributed by atoms with van der Waals surface area (Å²) in [5, 5.41) is 0.410. The van der Waals surface area contributed by atoms with E-state index in [1.165, 1.54) is 6.33 Å². The summed E-state index contributed by atoms with van der Waals surface area (Å²) in [7, 11) is 0. The zero-order chi connectivity index (χ0) is 19.8. The average Bonchev–Trinajstić information content (AvgIpc) is 3.08. The average molecular weight is 398 g/mol. The Bertz CT molecular complexity index is 1240. The molecule has 2 N–H and O–H groups in total. The van der Waals surface area contributed by atoms with Crippen LogP contribution in [-0.2, 0) is 5.54 Å². The number of rotatable bonds is 3. The minimum absolute atomic E-state index is 0.410. The molecule has 0 saturated carbocycles. The molecule has 1 unspecified atom stereocenters. The maximum Gasteiger partial charge on any atom is 0.139 e. The lowest BCUT2D eigenvalue weighted by molar-refractivity contribution is 0.670.